The molecule has 4 aliphatic rings. The number of nitrogens with zero attached hydrogens (tertiary/aromatic N) is 1. The third-order valence-electron chi connectivity index (χ3n) is 10.1. The number of sulfone groups is 1. The second kappa shape index (κ2) is 13.4. The van der Waals surface area contributed by atoms with E-state index in [0.717, 1.165) is 63.6 Å². The average molecular weight is 591 g/mol. The van der Waals surface area contributed by atoms with Crippen LogP contribution in [0.1, 0.15) is 82.6 Å². The van der Waals surface area contributed by atoms with Gasteiger partial charge in [-0.2, -0.15) is 0 Å². The van der Waals surface area contributed by atoms with Crippen molar-refractivity contribution in [1.29, 1.82) is 0 Å². The molecule has 0 bridgehead atoms. The fraction of sp³-hybridized carbons (Fsp3) is 0.774. The van der Waals surface area contributed by atoms with Crippen molar-refractivity contribution in [2.75, 3.05) is 33.7 Å². The van der Waals surface area contributed by atoms with E-state index in [1.165, 1.54) is 32.1 Å². The van der Waals surface area contributed by atoms with Crippen molar-refractivity contribution in [1.82, 2.24) is 20.9 Å². The summed E-state index contributed by atoms with van der Waals surface area (Å²) in [5.74, 6) is 0.751. The molecule has 3 N–H and O–H groups in total. The van der Waals surface area contributed by atoms with Crippen LogP contribution in [0.5, 0.6) is 0 Å². The first kappa shape index (κ1) is 30.3. The van der Waals surface area contributed by atoms with Gasteiger partial charge in [-0.25, -0.2) is 8.42 Å². The Labute approximate surface area is 246 Å². The lowest BCUT2D eigenvalue weighted by molar-refractivity contribution is -0.120. The first-order valence-electron chi connectivity index (χ1n) is 15.6. The lowest BCUT2D eigenvalue weighted by atomic mass is 9.69. The van der Waals surface area contributed by atoms with E-state index in [1.54, 1.807) is 12.1 Å². The number of piperidine rings is 2. The molecule has 0 aromatic heterocycles. The van der Waals surface area contributed by atoms with E-state index in [0.29, 0.717) is 29.2 Å². The molecule has 40 heavy (non-hydrogen) atoms. The molecule has 4 fully saturated rings. The van der Waals surface area contributed by atoms with Crippen LogP contribution >= 0.6 is 11.8 Å². The van der Waals surface area contributed by atoms with Crippen molar-refractivity contribution in [3.8, 4) is 0 Å². The molecule has 9 heteroatoms. The van der Waals surface area contributed by atoms with Crippen LogP contribution in [0.3, 0.4) is 0 Å². The van der Waals surface area contributed by atoms with Gasteiger partial charge in [-0.15, -0.1) is 11.8 Å². The highest BCUT2D eigenvalue weighted by atomic mass is 32.2. The van der Waals surface area contributed by atoms with E-state index in [2.05, 4.69) is 34.9 Å². The van der Waals surface area contributed by atoms with Gasteiger partial charge < -0.3 is 16.0 Å². The Kier molecular flexibility index (Phi) is 10.2. The topological polar surface area (TPSA) is 90.5 Å². The number of nitrogens with one attached hydrogen (secondary N) is 3. The Morgan fingerprint density at radius 3 is 2.35 bits per heavy atom. The van der Waals surface area contributed by atoms with E-state index in [-0.39, 0.29) is 22.7 Å². The maximum absolute atomic E-state index is 14.2. The summed E-state index contributed by atoms with van der Waals surface area (Å²) in [5, 5.41) is 10.3. The van der Waals surface area contributed by atoms with E-state index in [1.807, 2.05) is 23.9 Å². The summed E-state index contributed by atoms with van der Waals surface area (Å²) < 4.78 is 28.5. The normalized spacial score (nSPS) is 31.5. The quantitative estimate of drug-likeness (QED) is 0.455. The highest BCUT2D eigenvalue weighted by Gasteiger charge is 2.50. The summed E-state index contributed by atoms with van der Waals surface area (Å²) in [6.45, 7) is 2.99. The number of hydrogen-bond donors (Lipinski definition) is 3. The third kappa shape index (κ3) is 6.91. The zero-order valence-electron chi connectivity index (χ0n) is 24.5. The standard InChI is InChI=1S/C31H50N4O3S2/c1-35(2)29-19-31(15-8-6-4-3-5-7-9-16-31)28(22-33-29)40(37,38)25-12-10-23(11-13-25)20-34-30(36)26-18-24-14-17-32-21-27(24)39-26/h10-13,24,26-29,32-33H,3-9,14-22H2,1-2H3,(H,34,36). The fourth-order valence-corrected chi connectivity index (χ4v) is 11.4. The number of carbonyl (C=O) groups is 1. The molecule has 1 aromatic carbocycles. The van der Waals surface area contributed by atoms with Crippen LogP contribution in [-0.4, -0.2) is 74.9 Å². The zero-order valence-corrected chi connectivity index (χ0v) is 26.1. The van der Waals surface area contributed by atoms with Crippen molar-refractivity contribution >= 4 is 27.5 Å². The van der Waals surface area contributed by atoms with Crippen molar-refractivity contribution in [3.63, 3.8) is 0 Å². The smallest absolute Gasteiger partial charge is 0.233 e. The lowest BCUT2D eigenvalue weighted by Crippen LogP contribution is -2.60. The molecule has 5 atom stereocenters. The summed E-state index contributed by atoms with van der Waals surface area (Å²) in [5.41, 5.74) is 0.742. The molecular formula is C31H50N4O3S2. The monoisotopic (exact) mass is 590 g/mol. The molecule has 3 heterocycles. The van der Waals surface area contributed by atoms with Gasteiger partial charge in [0.1, 0.15) is 0 Å². The largest absolute Gasteiger partial charge is 0.351 e. The molecule has 1 spiro atoms. The first-order chi connectivity index (χ1) is 19.3. The van der Waals surface area contributed by atoms with Gasteiger partial charge in [-0.1, -0.05) is 57.1 Å². The molecule has 5 rings (SSSR count). The van der Waals surface area contributed by atoms with Crippen molar-refractivity contribution in [2.45, 2.75) is 110 Å². The number of rotatable bonds is 6. The maximum Gasteiger partial charge on any atom is 0.233 e. The summed E-state index contributed by atoms with van der Waals surface area (Å²) in [4.78, 5) is 15.5. The van der Waals surface area contributed by atoms with Gasteiger partial charge in [-0.05, 0) is 81.8 Å². The first-order valence-corrected chi connectivity index (χ1v) is 18.1. The van der Waals surface area contributed by atoms with E-state index in [9.17, 15) is 13.2 Å². The van der Waals surface area contributed by atoms with Gasteiger partial charge in [0.25, 0.3) is 0 Å². The number of fused-ring (bicyclic) bond motifs is 1. The van der Waals surface area contributed by atoms with Crippen LogP contribution in [0, 0.1) is 11.3 Å². The summed E-state index contributed by atoms with van der Waals surface area (Å²) in [6, 6.07) is 7.32. The predicted molar refractivity (Wildman–Crippen MR) is 164 cm³/mol. The van der Waals surface area contributed by atoms with E-state index < -0.39 is 15.1 Å². The van der Waals surface area contributed by atoms with Gasteiger partial charge in [0.15, 0.2) is 9.84 Å². The number of carbonyl (C=O) groups excluding carboxylic acids is 1. The van der Waals surface area contributed by atoms with Gasteiger partial charge in [0.05, 0.1) is 21.6 Å². The molecule has 1 aromatic rings. The Morgan fingerprint density at radius 1 is 1.02 bits per heavy atom. The minimum atomic E-state index is -3.52. The highest BCUT2D eigenvalue weighted by Crippen LogP contribution is 2.47. The van der Waals surface area contributed by atoms with Gasteiger partial charge in [-0.3, -0.25) is 9.69 Å². The molecule has 0 radical (unpaired) electrons. The Morgan fingerprint density at radius 2 is 1.70 bits per heavy atom. The SMILES string of the molecule is CN(C)C1CC2(CCCCCCCCC2)C(S(=O)(=O)c2ccc(CNC(=O)C3CC4CCNCC4S3)cc2)CN1. The average Bonchev–Trinajstić information content (AvgIpc) is 3.40. The van der Waals surface area contributed by atoms with Gasteiger partial charge in [0, 0.05) is 24.9 Å². The van der Waals surface area contributed by atoms with Crippen LogP contribution in [0.25, 0.3) is 0 Å². The van der Waals surface area contributed by atoms with Gasteiger partial charge >= 0.3 is 0 Å². The van der Waals surface area contributed by atoms with Crippen LogP contribution in [0.4, 0.5) is 0 Å². The lowest BCUT2D eigenvalue weighted by Gasteiger charge is -2.49. The molecule has 1 aliphatic carbocycles. The molecule has 3 saturated heterocycles. The van der Waals surface area contributed by atoms with Crippen LogP contribution < -0.4 is 16.0 Å². The van der Waals surface area contributed by atoms with Crippen molar-refractivity contribution in [3.05, 3.63) is 29.8 Å². The number of benzene rings is 1. The summed E-state index contributed by atoms with van der Waals surface area (Å²) >= 11 is 1.81. The summed E-state index contributed by atoms with van der Waals surface area (Å²) in [7, 11) is 0.662. The molecule has 1 saturated carbocycles. The number of thioether (sulfide) groups is 1. The maximum atomic E-state index is 14.2. The zero-order chi connectivity index (χ0) is 28.2. The molecular weight excluding hydrogens is 541 g/mol. The third-order valence-corrected chi connectivity index (χ3v) is 14.1. The minimum Gasteiger partial charge on any atom is -0.351 e. The molecule has 3 aliphatic heterocycles. The van der Waals surface area contributed by atoms with E-state index >= 15 is 0 Å². The second-order valence-electron chi connectivity index (χ2n) is 13.0. The highest BCUT2D eigenvalue weighted by molar-refractivity contribution is 8.01. The van der Waals surface area contributed by atoms with Gasteiger partial charge in [0.2, 0.25) is 5.91 Å². The fourth-order valence-electron chi connectivity index (χ4n) is 7.63. The molecule has 5 unspecified atom stereocenters. The van der Waals surface area contributed by atoms with E-state index in [4.69, 9.17) is 0 Å². The molecule has 224 valence electrons. The molecule has 7 nitrogen and oxygen atoms in total. The second-order valence-corrected chi connectivity index (χ2v) is 16.6. The Bertz CT molecular complexity index is 1070. The minimum absolute atomic E-state index is 0.0211. The molecule has 1 amide bonds. The van der Waals surface area contributed by atoms with Crippen molar-refractivity contribution < 1.29 is 13.2 Å². The Hall–Kier alpha value is -1.13. The van der Waals surface area contributed by atoms with Crippen LogP contribution in [0.15, 0.2) is 29.2 Å². The van der Waals surface area contributed by atoms with Crippen LogP contribution in [-0.2, 0) is 21.2 Å². The van der Waals surface area contributed by atoms with Crippen molar-refractivity contribution in [2.24, 2.45) is 11.3 Å². The number of hydrogen-bond acceptors (Lipinski definition) is 7. The Balaban J connectivity index is 1.26. The number of amides is 1. The summed E-state index contributed by atoms with van der Waals surface area (Å²) in [6.07, 6.45) is 13.6. The predicted octanol–water partition coefficient (Wildman–Crippen LogP) is 4.32. The van der Waals surface area contributed by atoms with Crippen LogP contribution in [0.2, 0.25) is 0 Å².